The van der Waals surface area contributed by atoms with Crippen LogP contribution in [0.2, 0.25) is 0 Å². The molecule has 0 amide bonds. The first kappa shape index (κ1) is 17.9. The predicted octanol–water partition coefficient (Wildman–Crippen LogP) is 5.20. The first-order valence-corrected chi connectivity index (χ1v) is 8.60. The molecule has 3 aromatic carbocycles. The largest absolute Gasteiger partial charge is 0.493 e. The van der Waals surface area contributed by atoms with Gasteiger partial charge in [-0.15, -0.1) is 0 Å². The summed E-state index contributed by atoms with van der Waals surface area (Å²) >= 11 is 0. The van der Waals surface area contributed by atoms with Gasteiger partial charge in [-0.2, -0.15) is 0 Å². The van der Waals surface area contributed by atoms with Gasteiger partial charge in [-0.3, -0.25) is 0 Å². The van der Waals surface area contributed by atoms with Crippen LogP contribution in [-0.4, -0.2) is 21.3 Å². The number of hydrogen-bond acceptors (Lipinski definition) is 3. The molecule has 0 radical (unpaired) electrons. The Bertz CT molecular complexity index is 855. The Morgan fingerprint density at radius 3 is 1.81 bits per heavy atom. The van der Waals surface area contributed by atoms with Gasteiger partial charge in [0.05, 0.1) is 21.3 Å². The molecular weight excluding hydrogens is 324 g/mol. The summed E-state index contributed by atoms with van der Waals surface area (Å²) in [6, 6.07) is 23.0. The van der Waals surface area contributed by atoms with Gasteiger partial charge in [0.2, 0.25) is 5.75 Å². The van der Waals surface area contributed by atoms with Crippen LogP contribution in [0.25, 0.3) is 0 Å². The van der Waals surface area contributed by atoms with Gasteiger partial charge in [0.15, 0.2) is 11.5 Å². The quantitative estimate of drug-likeness (QED) is 0.573. The summed E-state index contributed by atoms with van der Waals surface area (Å²) in [6.07, 6.45) is 0. The molecule has 0 unspecified atom stereocenters. The molecule has 0 N–H and O–H groups in total. The van der Waals surface area contributed by atoms with E-state index >= 15 is 0 Å². The molecule has 3 aromatic rings. The summed E-state index contributed by atoms with van der Waals surface area (Å²) in [7, 11) is 4.93. The number of hydrogen-bond donors (Lipinski definition) is 0. The van der Waals surface area contributed by atoms with Crippen LogP contribution in [0.3, 0.4) is 0 Å². The maximum atomic E-state index is 5.75. The van der Waals surface area contributed by atoms with E-state index in [4.69, 9.17) is 14.2 Å². The van der Waals surface area contributed by atoms with E-state index in [2.05, 4.69) is 61.5 Å². The first-order valence-electron chi connectivity index (χ1n) is 8.60. The lowest BCUT2D eigenvalue weighted by molar-refractivity contribution is 0.322. The Hall–Kier alpha value is -2.94. The SMILES string of the molecule is COc1ccc([C@H](c2ccccc2)c2ccc(C)cc2)c(OC)c1OC. The molecule has 0 aromatic heterocycles. The lowest BCUT2D eigenvalue weighted by atomic mass is 9.84. The van der Waals surface area contributed by atoms with Crippen LogP contribution in [0.4, 0.5) is 0 Å². The normalized spacial score (nSPS) is 11.7. The van der Waals surface area contributed by atoms with Gasteiger partial charge < -0.3 is 14.2 Å². The van der Waals surface area contributed by atoms with Gasteiger partial charge in [-0.1, -0.05) is 66.2 Å². The Balaban J connectivity index is 2.24. The van der Waals surface area contributed by atoms with Gasteiger partial charge in [-0.05, 0) is 24.1 Å². The first-order chi connectivity index (χ1) is 12.7. The highest BCUT2D eigenvalue weighted by Gasteiger charge is 2.25. The molecule has 0 aliphatic rings. The molecule has 0 fully saturated rings. The highest BCUT2D eigenvalue weighted by atomic mass is 16.5. The van der Waals surface area contributed by atoms with Crippen molar-refractivity contribution in [2.75, 3.05) is 21.3 Å². The Morgan fingerprint density at radius 2 is 1.23 bits per heavy atom. The van der Waals surface area contributed by atoms with Crippen LogP contribution in [-0.2, 0) is 0 Å². The molecule has 134 valence electrons. The van der Waals surface area contributed by atoms with Crippen LogP contribution in [0, 0.1) is 6.92 Å². The van der Waals surface area contributed by atoms with Crippen molar-refractivity contribution in [3.05, 3.63) is 89.0 Å². The summed E-state index contributed by atoms with van der Waals surface area (Å²) in [5.74, 6) is 2.00. The molecule has 0 spiro atoms. The van der Waals surface area contributed by atoms with Gasteiger partial charge >= 0.3 is 0 Å². The average Bonchev–Trinajstić information content (AvgIpc) is 2.69. The van der Waals surface area contributed by atoms with Crippen LogP contribution in [0.1, 0.15) is 28.2 Å². The van der Waals surface area contributed by atoms with Crippen molar-refractivity contribution in [1.29, 1.82) is 0 Å². The van der Waals surface area contributed by atoms with Crippen molar-refractivity contribution in [3.8, 4) is 17.2 Å². The fraction of sp³-hybridized carbons (Fsp3) is 0.217. The zero-order chi connectivity index (χ0) is 18.5. The summed E-state index contributed by atoms with van der Waals surface area (Å²) < 4.78 is 16.8. The summed E-state index contributed by atoms with van der Waals surface area (Å²) in [5.41, 5.74) is 4.68. The van der Waals surface area contributed by atoms with Crippen LogP contribution in [0.15, 0.2) is 66.7 Å². The van der Waals surface area contributed by atoms with Crippen molar-refractivity contribution in [2.45, 2.75) is 12.8 Å². The predicted molar refractivity (Wildman–Crippen MR) is 105 cm³/mol. The molecule has 1 atom stereocenters. The molecule has 0 aliphatic carbocycles. The zero-order valence-electron chi connectivity index (χ0n) is 15.7. The van der Waals surface area contributed by atoms with Gasteiger partial charge in [0, 0.05) is 11.5 Å². The highest BCUT2D eigenvalue weighted by molar-refractivity contribution is 5.60. The second-order valence-corrected chi connectivity index (χ2v) is 6.18. The Kier molecular flexibility index (Phi) is 5.47. The average molecular weight is 348 g/mol. The molecule has 3 heteroatoms. The van der Waals surface area contributed by atoms with Gasteiger partial charge in [0.1, 0.15) is 0 Å². The molecule has 26 heavy (non-hydrogen) atoms. The third-order valence-electron chi connectivity index (χ3n) is 4.59. The summed E-state index contributed by atoms with van der Waals surface area (Å²) in [4.78, 5) is 0. The van der Waals surface area contributed by atoms with Crippen molar-refractivity contribution in [2.24, 2.45) is 0 Å². The van der Waals surface area contributed by atoms with E-state index in [-0.39, 0.29) is 5.92 Å². The molecule has 0 bridgehead atoms. The van der Waals surface area contributed by atoms with Gasteiger partial charge in [-0.25, -0.2) is 0 Å². The number of methoxy groups -OCH3 is 3. The molecule has 0 saturated carbocycles. The van der Waals surface area contributed by atoms with E-state index in [0.29, 0.717) is 17.2 Å². The van der Waals surface area contributed by atoms with Crippen molar-refractivity contribution < 1.29 is 14.2 Å². The topological polar surface area (TPSA) is 27.7 Å². The number of aryl methyl sites for hydroxylation is 1. The minimum atomic E-state index is 0.0338. The second kappa shape index (κ2) is 7.96. The smallest absolute Gasteiger partial charge is 0.203 e. The summed E-state index contributed by atoms with van der Waals surface area (Å²) in [6.45, 7) is 2.10. The Labute approximate surface area is 155 Å². The van der Waals surface area contributed by atoms with Crippen molar-refractivity contribution >= 4 is 0 Å². The van der Waals surface area contributed by atoms with Crippen LogP contribution < -0.4 is 14.2 Å². The van der Waals surface area contributed by atoms with E-state index in [1.165, 1.54) is 16.7 Å². The number of benzene rings is 3. The second-order valence-electron chi connectivity index (χ2n) is 6.18. The maximum absolute atomic E-state index is 5.75. The monoisotopic (exact) mass is 348 g/mol. The lowest BCUT2D eigenvalue weighted by Crippen LogP contribution is -2.07. The molecule has 0 aliphatic heterocycles. The Morgan fingerprint density at radius 1 is 0.615 bits per heavy atom. The third kappa shape index (κ3) is 3.38. The minimum absolute atomic E-state index is 0.0338. The molecule has 3 nitrogen and oxygen atoms in total. The lowest BCUT2D eigenvalue weighted by Gasteiger charge is -2.23. The molecule has 3 rings (SSSR count). The fourth-order valence-corrected chi connectivity index (χ4v) is 3.31. The van der Waals surface area contributed by atoms with Crippen LogP contribution in [0.5, 0.6) is 17.2 Å². The van der Waals surface area contributed by atoms with Crippen molar-refractivity contribution in [3.63, 3.8) is 0 Å². The van der Waals surface area contributed by atoms with Crippen LogP contribution >= 0.6 is 0 Å². The van der Waals surface area contributed by atoms with E-state index in [9.17, 15) is 0 Å². The number of rotatable bonds is 6. The number of ether oxygens (including phenoxy) is 3. The standard InChI is InChI=1S/C23H24O3/c1-16-10-12-18(13-11-16)21(17-8-6-5-7-9-17)19-14-15-20(24-2)23(26-4)22(19)25-3/h5-15,21H,1-4H3/t21-/m1/s1. The highest BCUT2D eigenvalue weighted by Crippen LogP contribution is 2.46. The van der Waals surface area contributed by atoms with E-state index in [1.807, 2.05) is 12.1 Å². The van der Waals surface area contributed by atoms with E-state index in [1.54, 1.807) is 21.3 Å². The van der Waals surface area contributed by atoms with E-state index in [0.717, 1.165) is 5.56 Å². The fourth-order valence-electron chi connectivity index (χ4n) is 3.31. The molecular formula is C23H24O3. The minimum Gasteiger partial charge on any atom is -0.493 e. The molecule has 0 heterocycles. The van der Waals surface area contributed by atoms with E-state index < -0.39 is 0 Å². The maximum Gasteiger partial charge on any atom is 0.203 e. The zero-order valence-corrected chi connectivity index (χ0v) is 15.7. The van der Waals surface area contributed by atoms with Crippen molar-refractivity contribution in [1.82, 2.24) is 0 Å². The van der Waals surface area contributed by atoms with Gasteiger partial charge in [0.25, 0.3) is 0 Å². The third-order valence-corrected chi connectivity index (χ3v) is 4.59. The summed E-state index contributed by atoms with van der Waals surface area (Å²) in [5, 5.41) is 0. The molecule has 0 saturated heterocycles.